The van der Waals surface area contributed by atoms with Gasteiger partial charge in [0.15, 0.2) is 0 Å². The van der Waals surface area contributed by atoms with E-state index in [1.54, 1.807) is 0 Å². The van der Waals surface area contributed by atoms with Gasteiger partial charge < -0.3 is 10.4 Å². The summed E-state index contributed by atoms with van der Waals surface area (Å²) in [5, 5.41) is 14.6. The van der Waals surface area contributed by atoms with Gasteiger partial charge >= 0.3 is 0 Å². The van der Waals surface area contributed by atoms with Gasteiger partial charge in [-0.05, 0) is 50.1 Å². The van der Waals surface area contributed by atoms with E-state index in [9.17, 15) is 5.11 Å². The molecule has 2 heteroatoms. The molecule has 2 fully saturated rings. The van der Waals surface area contributed by atoms with Crippen LogP contribution in [0.5, 0.6) is 0 Å². The van der Waals surface area contributed by atoms with Crippen molar-refractivity contribution >= 4 is 0 Å². The molecule has 2 N–H and O–H groups in total. The molecule has 1 aromatic rings. The Hall–Kier alpha value is -0.860. The van der Waals surface area contributed by atoms with Gasteiger partial charge in [0.2, 0.25) is 0 Å². The molecule has 2 bridgehead atoms. The minimum absolute atomic E-state index is 0.205. The summed E-state index contributed by atoms with van der Waals surface area (Å²) >= 11 is 0. The fourth-order valence-electron chi connectivity index (χ4n) is 3.97. The van der Waals surface area contributed by atoms with Crippen LogP contribution in [0, 0.1) is 11.8 Å². The lowest BCUT2D eigenvalue weighted by Crippen LogP contribution is -2.54. The second-order valence-corrected chi connectivity index (χ2v) is 5.64. The van der Waals surface area contributed by atoms with Crippen molar-refractivity contribution in [2.24, 2.45) is 11.8 Å². The predicted octanol–water partition coefficient (Wildman–Crippen LogP) is 2.28. The van der Waals surface area contributed by atoms with Crippen LogP contribution in [0.15, 0.2) is 30.3 Å². The number of hydrogen-bond donors (Lipinski definition) is 2. The number of aliphatic hydroxyl groups is 1. The van der Waals surface area contributed by atoms with E-state index in [4.69, 9.17) is 0 Å². The van der Waals surface area contributed by atoms with Gasteiger partial charge in [-0.15, -0.1) is 0 Å². The number of likely N-dealkylation sites (N-methyl/N-ethyl adjacent to an activating group) is 1. The molecule has 2 aliphatic carbocycles. The van der Waals surface area contributed by atoms with E-state index in [2.05, 4.69) is 17.4 Å². The van der Waals surface area contributed by atoms with E-state index < -0.39 is 5.60 Å². The van der Waals surface area contributed by atoms with Gasteiger partial charge in [-0.3, -0.25) is 0 Å². The smallest absolute Gasteiger partial charge is 0.108 e. The van der Waals surface area contributed by atoms with Crippen molar-refractivity contribution in [1.82, 2.24) is 5.32 Å². The standard InChI is InChI=1S/C15H21NO/c1-16-14-10-11-7-8-13(9-11)15(14,17)12-5-3-2-4-6-12/h2-6,11,13-14,16-17H,7-10H2,1H3. The molecule has 0 saturated heterocycles. The Morgan fingerprint density at radius 2 is 1.94 bits per heavy atom. The first-order valence-electron chi connectivity index (χ1n) is 6.70. The Labute approximate surface area is 103 Å². The lowest BCUT2D eigenvalue weighted by molar-refractivity contribution is -0.0743. The summed E-state index contributed by atoms with van der Waals surface area (Å²) < 4.78 is 0. The summed E-state index contributed by atoms with van der Waals surface area (Å²) in [5.74, 6) is 1.25. The van der Waals surface area contributed by atoms with Crippen LogP contribution in [0.25, 0.3) is 0 Å². The van der Waals surface area contributed by atoms with E-state index in [0.29, 0.717) is 5.92 Å². The second-order valence-electron chi connectivity index (χ2n) is 5.64. The van der Waals surface area contributed by atoms with E-state index >= 15 is 0 Å². The molecule has 17 heavy (non-hydrogen) atoms. The highest BCUT2D eigenvalue weighted by molar-refractivity contribution is 5.27. The summed E-state index contributed by atoms with van der Waals surface area (Å²) in [6.07, 6.45) is 4.77. The minimum Gasteiger partial charge on any atom is -0.383 e. The van der Waals surface area contributed by atoms with Crippen molar-refractivity contribution in [3.05, 3.63) is 35.9 Å². The first kappa shape index (κ1) is 11.2. The number of nitrogens with one attached hydrogen (secondary N) is 1. The molecule has 0 amide bonds. The average Bonchev–Trinajstić information content (AvgIpc) is 2.80. The van der Waals surface area contributed by atoms with Gasteiger partial charge in [0, 0.05) is 6.04 Å². The third-order valence-electron chi connectivity index (χ3n) is 4.85. The topological polar surface area (TPSA) is 32.3 Å². The average molecular weight is 231 g/mol. The molecule has 0 aromatic heterocycles. The zero-order chi connectivity index (χ0) is 11.9. The normalized spacial score (nSPS) is 40.5. The van der Waals surface area contributed by atoms with Crippen LogP contribution in [0.3, 0.4) is 0 Å². The second kappa shape index (κ2) is 4.11. The maximum atomic E-state index is 11.2. The van der Waals surface area contributed by atoms with Gasteiger partial charge in [-0.1, -0.05) is 30.3 Å². The maximum absolute atomic E-state index is 11.2. The third-order valence-corrected chi connectivity index (χ3v) is 4.85. The highest BCUT2D eigenvalue weighted by Crippen LogP contribution is 2.51. The molecular weight excluding hydrogens is 210 g/mol. The van der Waals surface area contributed by atoms with Crippen molar-refractivity contribution in [2.75, 3.05) is 7.05 Å². The Kier molecular flexibility index (Phi) is 2.72. The van der Waals surface area contributed by atoms with E-state index in [0.717, 1.165) is 17.9 Å². The van der Waals surface area contributed by atoms with Gasteiger partial charge in [-0.25, -0.2) is 0 Å². The minimum atomic E-state index is -0.664. The van der Waals surface area contributed by atoms with Crippen LogP contribution in [0.2, 0.25) is 0 Å². The SMILES string of the molecule is CNC1CC2CCC(C2)C1(O)c1ccccc1. The van der Waals surface area contributed by atoms with Crippen LogP contribution in [0.4, 0.5) is 0 Å². The molecule has 4 atom stereocenters. The predicted molar refractivity (Wildman–Crippen MR) is 68.6 cm³/mol. The molecule has 2 saturated carbocycles. The van der Waals surface area contributed by atoms with Gasteiger partial charge in [0.25, 0.3) is 0 Å². The zero-order valence-corrected chi connectivity index (χ0v) is 10.4. The molecule has 0 heterocycles. The highest BCUT2D eigenvalue weighted by atomic mass is 16.3. The molecule has 1 aromatic carbocycles. The van der Waals surface area contributed by atoms with Crippen molar-refractivity contribution in [3.63, 3.8) is 0 Å². The lowest BCUT2D eigenvalue weighted by Gasteiger charge is -2.45. The van der Waals surface area contributed by atoms with Crippen LogP contribution >= 0.6 is 0 Å². The zero-order valence-electron chi connectivity index (χ0n) is 10.4. The van der Waals surface area contributed by atoms with Crippen molar-refractivity contribution in [1.29, 1.82) is 0 Å². The Morgan fingerprint density at radius 3 is 2.65 bits per heavy atom. The third kappa shape index (κ3) is 1.62. The molecule has 0 radical (unpaired) electrons. The fourth-order valence-corrected chi connectivity index (χ4v) is 3.97. The molecule has 4 unspecified atom stereocenters. The summed E-state index contributed by atoms with van der Waals surface area (Å²) in [4.78, 5) is 0. The Morgan fingerprint density at radius 1 is 1.18 bits per heavy atom. The highest BCUT2D eigenvalue weighted by Gasteiger charge is 2.52. The van der Waals surface area contributed by atoms with Crippen molar-refractivity contribution in [3.8, 4) is 0 Å². The summed E-state index contributed by atoms with van der Waals surface area (Å²) in [6, 6.07) is 10.4. The van der Waals surface area contributed by atoms with Gasteiger partial charge in [0.1, 0.15) is 5.60 Å². The van der Waals surface area contributed by atoms with Crippen LogP contribution in [0.1, 0.15) is 31.2 Å². The van der Waals surface area contributed by atoms with Gasteiger partial charge in [-0.2, -0.15) is 0 Å². The number of fused-ring (bicyclic) bond motifs is 2. The summed E-state index contributed by atoms with van der Waals surface area (Å²) in [7, 11) is 1.98. The van der Waals surface area contributed by atoms with E-state index in [-0.39, 0.29) is 6.04 Å². The fraction of sp³-hybridized carbons (Fsp3) is 0.600. The van der Waals surface area contributed by atoms with Crippen LogP contribution in [-0.2, 0) is 5.60 Å². The van der Waals surface area contributed by atoms with Crippen molar-refractivity contribution < 1.29 is 5.11 Å². The molecule has 92 valence electrons. The van der Waals surface area contributed by atoms with Gasteiger partial charge in [0.05, 0.1) is 0 Å². The van der Waals surface area contributed by atoms with E-state index in [1.165, 1.54) is 19.3 Å². The Bertz CT molecular complexity index is 391. The molecule has 2 nitrogen and oxygen atoms in total. The summed E-state index contributed by atoms with van der Waals surface area (Å²) in [6.45, 7) is 0. The summed E-state index contributed by atoms with van der Waals surface area (Å²) in [5.41, 5.74) is 0.424. The number of hydrogen-bond acceptors (Lipinski definition) is 2. The number of rotatable bonds is 2. The largest absolute Gasteiger partial charge is 0.383 e. The molecule has 0 spiro atoms. The molecule has 0 aliphatic heterocycles. The molecule has 2 aliphatic rings. The Balaban J connectivity index is 2.02. The number of benzene rings is 1. The molecular formula is C15H21NO. The quantitative estimate of drug-likeness (QED) is 0.818. The first-order chi connectivity index (χ1) is 8.25. The van der Waals surface area contributed by atoms with E-state index in [1.807, 2.05) is 25.2 Å². The monoisotopic (exact) mass is 231 g/mol. The van der Waals surface area contributed by atoms with Crippen LogP contribution in [-0.4, -0.2) is 18.2 Å². The lowest BCUT2D eigenvalue weighted by atomic mass is 9.69. The first-order valence-corrected chi connectivity index (χ1v) is 6.70. The van der Waals surface area contributed by atoms with Crippen molar-refractivity contribution in [2.45, 2.75) is 37.3 Å². The molecule has 3 rings (SSSR count). The maximum Gasteiger partial charge on any atom is 0.108 e. The van der Waals surface area contributed by atoms with Crippen LogP contribution < -0.4 is 5.32 Å².